The minimum Gasteiger partial charge on any atom is -0.493 e. The Morgan fingerprint density at radius 3 is 2.81 bits per heavy atom. The quantitative estimate of drug-likeness (QED) is 0.735. The Bertz CT molecular complexity index is 419. The van der Waals surface area contributed by atoms with Crippen LogP contribution in [0.4, 0.5) is 0 Å². The summed E-state index contributed by atoms with van der Waals surface area (Å²) in [6.45, 7) is 3.03. The maximum Gasteiger partial charge on any atom is 0.125 e. The van der Waals surface area contributed by atoms with Crippen molar-refractivity contribution in [1.29, 1.82) is 0 Å². The molecule has 1 aromatic rings. The number of methoxy groups -OCH3 is 1. The summed E-state index contributed by atoms with van der Waals surface area (Å²) in [6.07, 6.45) is 6.65. The third-order valence-electron chi connectivity index (χ3n) is 4.06. The molecule has 0 unspecified atom stereocenters. The van der Waals surface area contributed by atoms with Crippen molar-refractivity contribution in [3.8, 4) is 5.75 Å². The fourth-order valence-corrected chi connectivity index (χ4v) is 3.03. The van der Waals surface area contributed by atoms with Crippen molar-refractivity contribution in [2.45, 2.75) is 38.6 Å². The predicted molar refractivity (Wildman–Crippen MR) is 87.1 cm³/mol. The lowest BCUT2D eigenvalue weighted by atomic mass is 9.90. The third-order valence-corrected chi connectivity index (χ3v) is 4.41. The van der Waals surface area contributed by atoms with E-state index in [1.165, 1.54) is 32.1 Å². The molecule has 0 heterocycles. The number of halogens is 1. The minimum atomic E-state index is 0.697. The highest BCUT2D eigenvalue weighted by molar-refractivity contribution is 6.31. The van der Waals surface area contributed by atoms with Gasteiger partial charge >= 0.3 is 0 Å². The lowest BCUT2D eigenvalue weighted by Gasteiger charge is -2.22. The molecular formula is C17H26ClNO2. The molecular weight excluding hydrogens is 286 g/mol. The van der Waals surface area contributed by atoms with E-state index in [1.54, 1.807) is 7.11 Å². The topological polar surface area (TPSA) is 30.5 Å². The Morgan fingerprint density at radius 2 is 2.05 bits per heavy atom. The molecule has 4 heteroatoms. The van der Waals surface area contributed by atoms with E-state index in [1.807, 2.05) is 18.2 Å². The zero-order valence-electron chi connectivity index (χ0n) is 12.9. The number of hydrogen-bond acceptors (Lipinski definition) is 3. The maximum atomic E-state index is 6.31. The smallest absolute Gasteiger partial charge is 0.125 e. The summed E-state index contributed by atoms with van der Waals surface area (Å²) in [5, 5.41) is 4.10. The van der Waals surface area contributed by atoms with Crippen molar-refractivity contribution in [2.24, 2.45) is 5.92 Å². The van der Waals surface area contributed by atoms with Gasteiger partial charge in [-0.2, -0.15) is 0 Å². The van der Waals surface area contributed by atoms with Gasteiger partial charge in [-0.25, -0.2) is 0 Å². The lowest BCUT2D eigenvalue weighted by molar-refractivity contribution is 0.197. The van der Waals surface area contributed by atoms with Crippen LogP contribution in [0.1, 0.15) is 37.7 Å². The fourth-order valence-electron chi connectivity index (χ4n) is 2.79. The van der Waals surface area contributed by atoms with Crippen molar-refractivity contribution < 1.29 is 9.47 Å². The maximum absolute atomic E-state index is 6.31. The van der Waals surface area contributed by atoms with Crippen LogP contribution >= 0.6 is 11.6 Å². The van der Waals surface area contributed by atoms with Crippen molar-refractivity contribution in [3.63, 3.8) is 0 Å². The summed E-state index contributed by atoms with van der Waals surface area (Å²) in [7, 11) is 1.70. The molecule has 3 nitrogen and oxygen atoms in total. The number of rotatable bonds is 8. The van der Waals surface area contributed by atoms with E-state index < -0.39 is 0 Å². The second kappa shape index (κ2) is 9.29. The number of hydrogen-bond donors (Lipinski definition) is 1. The molecule has 21 heavy (non-hydrogen) atoms. The first-order valence-electron chi connectivity index (χ1n) is 7.91. The minimum absolute atomic E-state index is 0.697. The molecule has 0 saturated heterocycles. The average molecular weight is 312 g/mol. The van der Waals surface area contributed by atoms with Gasteiger partial charge < -0.3 is 14.8 Å². The van der Waals surface area contributed by atoms with Gasteiger partial charge in [0.1, 0.15) is 5.75 Å². The van der Waals surface area contributed by atoms with E-state index in [4.69, 9.17) is 21.1 Å². The normalized spacial score (nSPS) is 16.1. The Morgan fingerprint density at radius 1 is 1.24 bits per heavy atom. The van der Waals surface area contributed by atoms with Gasteiger partial charge in [0, 0.05) is 30.8 Å². The molecule has 1 saturated carbocycles. The molecule has 0 radical (unpaired) electrons. The third kappa shape index (κ3) is 5.50. The van der Waals surface area contributed by atoms with Crippen molar-refractivity contribution in [3.05, 3.63) is 28.8 Å². The highest BCUT2D eigenvalue weighted by Gasteiger charge is 2.15. The molecule has 2 rings (SSSR count). The van der Waals surface area contributed by atoms with Gasteiger partial charge in [-0.1, -0.05) is 36.9 Å². The van der Waals surface area contributed by atoms with Gasteiger partial charge in [0.25, 0.3) is 0 Å². The summed E-state index contributed by atoms with van der Waals surface area (Å²) in [6, 6.07) is 5.89. The molecule has 0 atom stereocenters. The molecule has 1 aromatic carbocycles. The summed E-state index contributed by atoms with van der Waals surface area (Å²) >= 11 is 6.31. The zero-order chi connectivity index (χ0) is 14.9. The van der Waals surface area contributed by atoms with Crippen LogP contribution in [0.5, 0.6) is 5.75 Å². The first-order chi connectivity index (χ1) is 10.3. The first kappa shape index (κ1) is 16.6. The van der Waals surface area contributed by atoms with Crippen LogP contribution in [-0.4, -0.2) is 26.9 Å². The van der Waals surface area contributed by atoms with Crippen LogP contribution in [0.25, 0.3) is 0 Å². The van der Waals surface area contributed by atoms with E-state index in [-0.39, 0.29) is 0 Å². The standard InChI is InChI=1S/C17H26ClNO2/c1-20-11-10-19-12-15-16(18)8-5-9-17(15)21-13-14-6-3-2-4-7-14/h5,8-9,14,19H,2-4,6-7,10-13H2,1H3. The van der Waals surface area contributed by atoms with Gasteiger partial charge in [0.05, 0.1) is 13.2 Å². The van der Waals surface area contributed by atoms with Gasteiger partial charge in [-0.05, 0) is 30.9 Å². The lowest BCUT2D eigenvalue weighted by Crippen LogP contribution is -2.20. The summed E-state index contributed by atoms with van der Waals surface area (Å²) < 4.78 is 11.1. The van der Waals surface area contributed by atoms with Crippen molar-refractivity contribution in [1.82, 2.24) is 5.32 Å². The highest BCUT2D eigenvalue weighted by Crippen LogP contribution is 2.29. The fraction of sp³-hybridized carbons (Fsp3) is 0.647. The predicted octanol–water partition coefficient (Wildman–Crippen LogP) is 4.04. The molecule has 118 valence electrons. The Hall–Kier alpha value is -0.770. The summed E-state index contributed by atoms with van der Waals surface area (Å²) in [4.78, 5) is 0. The summed E-state index contributed by atoms with van der Waals surface area (Å²) in [5.41, 5.74) is 1.05. The van der Waals surface area contributed by atoms with E-state index >= 15 is 0 Å². The number of nitrogens with one attached hydrogen (secondary N) is 1. The zero-order valence-corrected chi connectivity index (χ0v) is 13.6. The monoisotopic (exact) mass is 311 g/mol. The Balaban J connectivity index is 1.89. The van der Waals surface area contributed by atoms with Gasteiger partial charge in [0.2, 0.25) is 0 Å². The average Bonchev–Trinajstić information content (AvgIpc) is 2.52. The SMILES string of the molecule is COCCNCc1c(Cl)cccc1OCC1CCCCC1. The second-order valence-electron chi connectivity index (χ2n) is 5.70. The second-order valence-corrected chi connectivity index (χ2v) is 6.11. The van der Waals surface area contributed by atoms with Crippen molar-refractivity contribution >= 4 is 11.6 Å². The number of benzene rings is 1. The van der Waals surface area contributed by atoms with Crippen LogP contribution in [0, 0.1) is 5.92 Å². The molecule has 0 aromatic heterocycles. The van der Waals surface area contributed by atoms with E-state index in [0.29, 0.717) is 19.1 Å². The van der Waals surface area contributed by atoms with E-state index in [0.717, 1.165) is 29.5 Å². The highest BCUT2D eigenvalue weighted by atomic mass is 35.5. The molecule has 1 aliphatic rings. The van der Waals surface area contributed by atoms with E-state index in [2.05, 4.69) is 5.32 Å². The molecule has 0 spiro atoms. The van der Waals surface area contributed by atoms with E-state index in [9.17, 15) is 0 Å². The van der Waals surface area contributed by atoms with Gasteiger partial charge in [0.15, 0.2) is 0 Å². The summed E-state index contributed by atoms with van der Waals surface area (Å²) in [5.74, 6) is 1.62. The Labute approximate surface area is 133 Å². The van der Waals surface area contributed by atoms with Crippen LogP contribution in [0.3, 0.4) is 0 Å². The Kier molecular flexibility index (Phi) is 7.34. The molecule has 0 amide bonds. The number of ether oxygens (including phenoxy) is 2. The van der Waals surface area contributed by atoms with Crippen molar-refractivity contribution in [2.75, 3.05) is 26.9 Å². The molecule has 0 bridgehead atoms. The largest absolute Gasteiger partial charge is 0.493 e. The van der Waals surface area contributed by atoms with Crippen LogP contribution in [-0.2, 0) is 11.3 Å². The van der Waals surface area contributed by atoms with Gasteiger partial charge in [-0.15, -0.1) is 0 Å². The molecule has 1 N–H and O–H groups in total. The van der Waals surface area contributed by atoms with Gasteiger partial charge in [-0.3, -0.25) is 0 Å². The molecule has 1 fully saturated rings. The molecule has 1 aliphatic carbocycles. The van der Waals surface area contributed by atoms with Crippen LogP contribution in [0.2, 0.25) is 5.02 Å². The van der Waals surface area contributed by atoms with Crippen LogP contribution in [0.15, 0.2) is 18.2 Å². The molecule has 0 aliphatic heterocycles. The van der Waals surface area contributed by atoms with Crippen LogP contribution < -0.4 is 10.1 Å². The first-order valence-corrected chi connectivity index (χ1v) is 8.29.